The van der Waals surface area contributed by atoms with Crippen LogP contribution in [0.5, 0.6) is 0 Å². The van der Waals surface area contributed by atoms with E-state index in [1.165, 1.54) is 0 Å². The number of carbonyl (C=O) groups is 1. The third-order valence-corrected chi connectivity index (χ3v) is 5.62. The number of halogens is 1. The van der Waals surface area contributed by atoms with Crippen molar-refractivity contribution in [2.45, 2.75) is 38.6 Å². The minimum absolute atomic E-state index is 0.139. The van der Waals surface area contributed by atoms with Crippen LogP contribution in [0.25, 0.3) is 0 Å². The van der Waals surface area contributed by atoms with Crippen LogP contribution in [0.15, 0.2) is 18.3 Å². The Balaban J connectivity index is 1.54. The second-order valence-corrected chi connectivity index (χ2v) is 7.58. The van der Waals surface area contributed by atoms with E-state index in [1.807, 2.05) is 12.1 Å². The van der Waals surface area contributed by atoms with Crippen LogP contribution < -0.4 is 10.6 Å². The largest absolute Gasteiger partial charge is 0.357 e. The zero-order chi connectivity index (χ0) is 17.1. The summed E-state index contributed by atoms with van der Waals surface area (Å²) in [5.41, 5.74) is 6.04. The van der Waals surface area contributed by atoms with E-state index in [-0.39, 0.29) is 12.0 Å². The highest BCUT2D eigenvalue weighted by molar-refractivity contribution is 6.30. The molecule has 1 aromatic rings. The number of nitrogens with zero attached hydrogens (tertiary/aromatic N) is 3. The zero-order valence-electron chi connectivity index (χ0n) is 14.3. The summed E-state index contributed by atoms with van der Waals surface area (Å²) >= 11 is 5.90. The third kappa shape index (κ3) is 4.01. The predicted molar refractivity (Wildman–Crippen MR) is 97.1 cm³/mol. The number of hydrogen-bond donors (Lipinski definition) is 1. The number of rotatable bonds is 3. The standard InChI is InChI=1S/C18H27ClN4O/c1-13(20)15-3-2-8-23(12-15)18(24)14-6-9-22(10-7-14)17-5-4-16(19)11-21-17/h4-5,11,13-15H,2-3,6-10,12,20H2,1H3/t13-,15-/m0/s1. The lowest BCUT2D eigenvalue weighted by molar-refractivity contribution is -0.138. The minimum Gasteiger partial charge on any atom is -0.357 e. The highest BCUT2D eigenvalue weighted by Gasteiger charge is 2.32. The number of piperidine rings is 2. The lowest BCUT2D eigenvalue weighted by Gasteiger charge is -2.39. The van der Waals surface area contributed by atoms with Crippen LogP contribution in [0.2, 0.25) is 5.02 Å². The van der Waals surface area contributed by atoms with Crippen LogP contribution in [0.1, 0.15) is 32.6 Å². The maximum absolute atomic E-state index is 12.8. The van der Waals surface area contributed by atoms with Gasteiger partial charge in [0, 0.05) is 44.3 Å². The maximum Gasteiger partial charge on any atom is 0.225 e. The van der Waals surface area contributed by atoms with Gasteiger partial charge in [-0.1, -0.05) is 11.6 Å². The molecule has 0 spiro atoms. The molecule has 2 fully saturated rings. The van der Waals surface area contributed by atoms with E-state index in [4.69, 9.17) is 17.3 Å². The van der Waals surface area contributed by atoms with E-state index >= 15 is 0 Å². The molecule has 24 heavy (non-hydrogen) atoms. The van der Waals surface area contributed by atoms with E-state index < -0.39 is 0 Å². The summed E-state index contributed by atoms with van der Waals surface area (Å²) < 4.78 is 0. The summed E-state index contributed by atoms with van der Waals surface area (Å²) in [5.74, 6) is 1.85. The molecule has 2 saturated heterocycles. The molecule has 3 heterocycles. The Kier molecular flexibility index (Phi) is 5.61. The highest BCUT2D eigenvalue weighted by Crippen LogP contribution is 2.26. The normalized spacial score (nSPS) is 24.0. The van der Waals surface area contributed by atoms with Crippen LogP contribution in [0, 0.1) is 11.8 Å². The highest BCUT2D eigenvalue weighted by atomic mass is 35.5. The number of likely N-dealkylation sites (tertiary alicyclic amines) is 1. The summed E-state index contributed by atoms with van der Waals surface area (Å²) in [5, 5.41) is 0.651. The van der Waals surface area contributed by atoms with Crippen molar-refractivity contribution in [3.8, 4) is 0 Å². The molecule has 0 unspecified atom stereocenters. The Morgan fingerprint density at radius 3 is 2.67 bits per heavy atom. The van der Waals surface area contributed by atoms with Gasteiger partial charge in [0.15, 0.2) is 0 Å². The monoisotopic (exact) mass is 350 g/mol. The molecule has 132 valence electrons. The van der Waals surface area contributed by atoms with Crippen molar-refractivity contribution in [2.75, 3.05) is 31.1 Å². The molecule has 5 nitrogen and oxygen atoms in total. The SMILES string of the molecule is C[C@H](N)[C@H]1CCCN(C(=O)C2CCN(c3ccc(Cl)cn3)CC2)C1. The summed E-state index contributed by atoms with van der Waals surface area (Å²) in [6.45, 7) is 5.51. The predicted octanol–water partition coefficient (Wildman–Crippen LogP) is 2.54. The van der Waals surface area contributed by atoms with E-state index in [0.717, 1.165) is 57.7 Å². The fraction of sp³-hybridized carbons (Fsp3) is 0.667. The maximum atomic E-state index is 12.8. The van der Waals surface area contributed by atoms with E-state index in [9.17, 15) is 4.79 Å². The summed E-state index contributed by atoms with van der Waals surface area (Å²) in [7, 11) is 0. The number of pyridine rings is 1. The first-order chi connectivity index (χ1) is 11.5. The van der Waals surface area contributed by atoms with Crippen molar-refractivity contribution < 1.29 is 4.79 Å². The smallest absolute Gasteiger partial charge is 0.225 e. The van der Waals surface area contributed by atoms with Crippen molar-refractivity contribution in [2.24, 2.45) is 17.6 Å². The van der Waals surface area contributed by atoms with Crippen LogP contribution in [-0.4, -0.2) is 48.0 Å². The number of anilines is 1. The second kappa shape index (κ2) is 7.70. The number of nitrogens with two attached hydrogens (primary N) is 1. The second-order valence-electron chi connectivity index (χ2n) is 7.14. The van der Waals surface area contributed by atoms with Crippen LogP contribution in [-0.2, 0) is 4.79 Å². The molecule has 1 aromatic heterocycles. The Morgan fingerprint density at radius 2 is 2.04 bits per heavy atom. The van der Waals surface area contributed by atoms with Crippen LogP contribution in [0.4, 0.5) is 5.82 Å². The van der Waals surface area contributed by atoms with Gasteiger partial charge in [-0.3, -0.25) is 4.79 Å². The molecule has 0 bridgehead atoms. The molecule has 6 heteroatoms. The van der Waals surface area contributed by atoms with Crippen LogP contribution >= 0.6 is 11.6 Å². The average molecular weight is 351 g/mol. The van der Waals surface area contributed by atoms with Gasteiger partial charge in [-0.15, -0.1) is 0 Å². The number of amides is 1. The molecule has 2 atom stereocenters. The molecule has 2 N–H and O–H groups in total. The van der Waals surface area contributed by atoms with Gasteiger partial charge >= 0.3 is 0 Å². The van der Waals surface area contributed by atoms with Gasteiger partial charge < -0.3 is 15.5 Å². The molecule has 2 aliphatic heterocycles. The lowest BCUT2D eigenvalue weighted by atomic mass is 9.89. The van der Waals surface area contributed by atoms with Gasteiger partial charge in [-0.2, -0.15) is 0 Å². The number of hydrogen-bond acceptors (Lipinski definition) is 4. The topological polar surface area (TPSA) is 62.5 Å². The fourth-order valence-electron chi connectivity index (χ4n) is 3.81. The quantitative estimate of drug-likeness (QED) is 0.910. The Morgan fingerprint density at radius 1 is 1.29 bits per heavy atom. The van der Waals surface area contributed by atoms with Gasteiger partial charge in [0.2, 0.25) is 5.91 Å². The molecule has 1 amide bonds. The van der Waals surface area contributed by atoms with Gasteiger partial charge in [0.05, 0.1) is 5.02 Å². The van der Waals surface area contributed by atoms with E-state index in [0.29, 0.717) is 16.8 Å². The third-order valence-electron chi connectivity index (χ3n) is 5.39. The molecular formula is C18H27ClN4O. The van der Waals surface area contributed by atoms with E-state index in [1.54, 1.807) is 6.20 Å². The van der Waals surface area contributed by atoms with Crippen molar-refractivity contribution in [3.63, 3.8) is 0 Å². The van der Waals surface area contributed by atoms with Gasteiger partial charge in [0.1, 0.15) is 5.82 Å². The molecular weight excluding hydrogens is 324 g/mol. The Labute approximate surface area is 149 Å². The Bertz CT molecular complexity index is 555. The summed E-state index contributed by atoms with van der Waals surface area (Å²) in [4.78, 5) is 21.5. The van der Waals surface area contributed by atoms with Crippen molar-refractivity contribution in [1.82, 2.24) is 9.88 Å². The fourth-order valence-corrected chi connectivity index (χ4v) is 3.92. The molecule has 2 aliphatic rings. The van der Waals surface area contributed by atoms with E-state index in [2.05, 4.69) is 21.7 Å². The first kappa shape index (κ1) is 17.5. The van der Waals surface area contributed by atoms with Gasteiger partial charge in [-0.25, -0.2) is 4.98 Å². The summed E-state index contributed by atoms with van der Waals surface area (Å²) in [6.07, 6.45) is 5.68. The lowest BCUT2D eigenvalue weighted by Crippen LogP contribution is -2.49. The zero-order valence-corrected chi connectivity index (χ0v) is 15.1. The van der Waals surface area contributed by atoms with Crippen molar-refractivity contribution >= 4 is 23.3 Å². The van der Waals surface area contributed by atoms with Crippen LogP contribution in [0.3, 0.4) is 0 Å². The first-order valence-electron chi connectivity index (χ1n) is 8.95. The number of carbonyl (C=O) groups excluding carboxylic acids is 1. The summed E-state index contributed by atoms with van der Waals surface area (Å²) in [6, 6.07) is 3.98. The molecule has 0 aromatic carbocycles. The molecule has 0 radical (unpaired) electrons. The Hall–Kier alpha value is -1.33. The minimum atomic E-state index is 0.139. The van der Waals surface area contributed by atoms with Crippen molar-refractivity contribution in [1.29, 1.82) is 0 Å². The van der Waals surface area contributed by atoms with Gasteiger partial charge in [0.25, 0.3) is 0 Å². The number of aromatic nitrogens is 1. The molecule has 0 aliphatic carbocycles. The molecule has 0 saturated carbocycles. The first-order valence-corrected chi connectivity index (χ1v) is 9.33. The average Bonchev–Trinajstić information content (AvgIpc) is 2.62. The van der Waals surface area contributed by atoms with Gasteiger partial charge in [-0.05, 0) is 50.7 Å². The molecule has 3 rings (SSSR count). The van der Waals surface area contributed by atoms with Crippen molar-refractivity contribution in [3.05, 3.63) is 23.4 Å².